The molecule has 0 unspecified atom stereocenters. The first kappa shape index (κ1) is 11.5. The highest BCUT2D eigenvalue weighted by Gasteiger charge is 2.07. The summed E-state index contributed by atoms with van der Waals surface area (Å²) in [5.74, 6) is -0.122. The number of aliphatic hydroxyl groups excluding tert-OH is 1. The van der Waals surface area contributed by atoms with E-state index in [1.54, 1.807) is 25.1 Å². The van der Waals surface area contributed by atoms with Crippen molar-refractivity contribution in [1.29, 1.82) is 0 Å². The number of benzene rings is 1. The molecule has 1 aromatic heterocycles. The Labute approximate surface area is 97.7 Å². The Hall–Kier alpha value is -2.01. The number of aromatic nitrogens is 2. The zero-order valence-electron chi connectivity index (χ0n) is 9.22. The van der Waals surface area contributed by atoms with E-state index in [-0.39, 0.29) is 18.2 Å². The number of halogens is 1. The average Bonchev–Trinajstić information content (AvgIpc) is 2.36. The van der Waals surface area contributed by atoms with Gasteiger partial charge in [-0.3, -0.25) is 0 Å². The van der Waals surface area contributed by atoms with Crippen molar-refractivity contribution in [2.45, 2.75) is 13.5 Å². The minimum Gasteiger partial charge on any atom is -0.434 e. The fourth-order valence-corrected chi connectivity index (χ4v) is 1.30. The van der Waals surface area contributed by atoms with Crippen molar-refractivity contribution in [3.8, 4) is 11.6 Å². The molecule has 0 amide bonds. The molecule has 0 atom stereocenters. The molecule has 0 saturated carbocycles. The Bertz CT molecular complexity index is 514. The van der Waals surface area contributed by atoms with Gasteiger partial charge in [-0.1, -0.05) is 12.1 Å². The van der Waals surface area contributed by atoms with Crippen LogP contribution >= 0.6 is 0 Å². The van der Waals surface area contributed by atoms with Gasteiger partial charge in [-0.15, -0.1) is 10.2 Å². The molecule has 0 aliphatic heterocycles. The average molecular weight is 234 g/mol. The highest BCUT2D eigenvalue weighted by atomic mass is 19.1. The summed E-state index contributed by atoms with van der Waals surface area (Å²) < 4.78 is 18.9. The van der Waals surface area contributed by atoms with Gasteiger partial charge in [0.05, 0.1) is 12.3 Å². The van der Waals surface area contributed by atoms with Gasteiger partial charge < -0.3 is 9.84 Å². The third kappa shape index (κ3) is 2.57. The molecule has 17 heavy (non-hydrogen) atoms. The van der Waals surface area contributed by atoms with Crippen LogP contribution in [0.5, 0.6) is 11.6 Å². The predicted molar refractivity (Wildman–Crippen MR) is 59.2 cm³/mol. The third-order valence-corrected chi connectivity index (χ3v) is 2.23. The second kappa shape index (κ2) is 4.88. The molecule has 0 spiro atoms. The Morgan fingerprint density at radius 1 is 1.24 bits per heavy atom. The molecule has 0 fully saturated rings. The van der Waals surface area contributed by atoms with Crippen molar-refractivity contribution in [2.24, 2.45) is 0 Å². The lowest BCUT2D eigenvalue weighted by atomic mass is 10.2. The van der Waals surface area contributed by atoms with Crippen molar-refractivity contribution in [3.05, 3.63) is 47.4 Å². The molecule has 1 N–H and O–H groups in total. The predicted octanol–water partition coefficient (Wildman–Crippen LogP) is 2.21. The van der Waals surface area contributed by atoms with Crippen molar-refractivity contribution in [2.75, 3.05) is 0 Å². The topological polar surface area (TPSA) is 55.2 Å². The summed E-state index contributed by atoms with van der Waals surface area (Å²) >= 11 is 0. The second-order valence-electron chi connectivity index (χ2n) is 3.51. The Balaban J connectivity index is 2.22. The van der Waals surface area contributed by atoms with E-state index in [0.717, 1.165) is 0 Å². The molecule has 0 bridgehead atoms. The van der Waals surface area contributed by atoms with Crippen LogP contribution in [0.2, 0.25) is 0 Å². The van der Waals surface area contributed by atoms with Crippen LogP contribution in [0.25, 0.3) is 0 Å². The standard InChI is InChI=1S/C12H11FN2O2/c1-8-3-2-4-10(12(8)13)17-11-6-5-9(7-16)14-15-11/h2-6,16H,7H2,1H3. The summed E-state index contributed by atoms with van der Waals surface area (Å²) in [5.41, 5.74) is 0.935. The minimum absolute atomic E-state index is 0.107. The molecule has 1 aromatic carbocycles. The molecular weight excluding hydrogens is 223 g/mol. The van der Waals surface area contributed by atoms with E-state index in [9.17, 15) is 4.39 Å². The Kier molecular flexibility index (Phi) is 3.30. The Morgan fingerprint density at radius 2 is 2.06 bits per heavy atom. The molecule has 2 aromatic rings. The molecule has 2 rings (SSSR count). The summed E-state index contributed by atoms with van der Waals surface area (Å²) in [6.45, 7) is 1.47. The van der Waals surface area contributed by atoms with Crippen LogP contribution in [0, 0.1) is 12.7 Å². The maximum absolute atomic E-state index is 13.6. The van der Waals surface area contributed by atoms with Gasteiger partial charge >= 0.3 is 0 Å². The number of hydrogen-bond donors (Lipinski definition) is 1. The highest BCUT2D eigenvalue weighted by molar-refractivity contribution is 5.32. The van der Waals surface area contributed by atoms with Crippen LogP contribution in [0.4, 0.5) is 4.39 Å². The van der Waals surface area contributed by atoms with Gasteiger partial charge in [0.15, 0.2) is 11.6 Å². The highest BCUT2D eigenvalue weighted by Crippen LogP contribution is 2.24. The maximum Gasteiger partial charge on any atom is 0.239 e. The summed E-state index contributed by atoms with van der Waals surface area (Å²) in [6, 6.07) is 7.96. The van der Waals surface area contributed by atoms with E-state index in [1.165, 1.54) is 12.1 Å². The van der Waals surface area contributed by atoms with Crippen molar-refractivity contribution < 1.29 is 14.2 Å². The van der Waals surface area contributed by atoms with Gasteiger partial charge in [-0.05, 0) is 24.6 Å². The molecule has 4 nitrogen and oxygen atoms in total. The number of aryl methyl sites for hydroxylation is 1. The second-order valence-corrected chi connectivity index (χ2v) is 3.51. The number of ether oxygens (including phenoxy) is 1. The molecule has 0 aliphatic carbocycles. The van der Waals surface area contributed by atoms with Crippen LogP contribution in [0.15, 0.2) is 30.3 Å². The number of hydrogen-bond acceptors (Lipinski definition) is 4. The molecule has 0 saturated heterocycles. The van der Waals surface area contributed by atoms with Gasteiger partial charge in [0.2, 0.25) is 5.88 Å². The monoisotopic (exact) mass is 234 g/mol. The van der Waals surface area contributed by atoms with Crippen LogP contribution in [0.1, 0.15) is 11.3 Å². The van der Waals surface area contributed by atoms with Crippen LogP contribution in [0.3, 0.4) is 0 Å². The van der Waals surface area contributed by atoms with Crippen LogP contribution in [-0.2, 0) is 6.61 Å². The van der Waals surface area contributed by atoms with Gasteiger partial charge in [0, 0.05) is 6.07 Å². The van der Waals surface area contributed by atoms with E-state index < -0.39 is 5.82 Å². The van der Waals surface area contributed by atoms with E-state index >= 15 is 0 Å². The van der Waals surface area contributed by atoms with E-state index in [0.29, 0.717) is 11.3 Å². The molecular formula is C12H11FN2O2. The summed E-state index contributed by atoms with van der Waals surface area (Å²) in [6.07, 6.45) is 0. The summed E-state index contributed by atoms with van der Waals surface area (Å²) in [5, 5.41) is 16.2. The lowest BCUT2D eigenvalue weighted by molar-refractivity contribution is 0.274. The maximum atomic E-state index is 13.6. The molecule has 5 heteroatoms. The van der Waals surface area contributed by atoms with Crippen molar-refractivity contribution >= 4 is 0 Å². The number of rotatable bonds is 3. The fourth-order valence-electron chi connectivity index (χ4n) is 1.30. The van der Waals surface area contributed by atoms with Crippen molar-refractivity contribution in [1.82, 2.24) is 10.2 Å². The fraction of sp³-hybridized carbons (Fsp3) is 0.167. The van der Waals surface area contributed by atoms with E-state index in [2.05, 4.69) is 10.2 Å². The lowest BCUT2D eigenvalue weighted by Gasteiger charge is -2.06. The van der Waals surface area contributed by atoms with Crippen molar-refractivity contribution in [3.63, 3.8) is 0 Å². The van der Waals surface area contributed by atoms with Crippen LogP contribution in [-0.4, -0.2) is 15.3 Å². The van der Waals surface area contributed by atoms with E-state index in [4.69, 9.17) is 9.84 Å². The first-order valence-corrected chi connectivity index (χ1v) is 5.07. The zero-order chi connectivity index (χ0) is 12.3. The first-order valence-electron chi connectivity index (χ1n) is 5.07. The summed E-state index contributed by atoms with van der Waals surface area (Å²) in [7, 11) is 0. The first-order chi connectivity index (χ1) is 8.20. The van der Waals surface area contributed by atoms with Gasteiger partial charge in [0.1, 0.15) is 0 Å². The Morgan fingerprint density at radius 3 is 2.71 bits per heavy atom. The lowest BCUT2D eigenvalue weighted by Crippen LogP contribution is -1.96. The molecule has 88 valence electrons. The quantitative estimate of drug-likeness (QED) is 0.884. The van der Waals surface area contributed by atoms with E-state index in [1.807, 2.05) is 0 Å². The van der Waals surface area contributed by atoms with Gasteiger partial charge in [-0.2, -0.15) is 0 Å². The normalized spacial score (nSPS) is 10.3. The molecule has 1 heterocycles. The number of aliphatic hydroxyl groups is 1. The van der Waals surface area contributed by atoms with Gasteiger partial charge in [0.25, 0.3) is 0 Å². The summed E-state index contributed by atoms with van der Waals surface area (Å²) in [4.78, 5) is 0. The van der Waals surface area contributed by atoms with Crippen LogP contribution < -0.4 is 4.74 Å². The SMILES string of the molecule is Cc1cccc(Oc2ccc(CO)nn2)c1F. The minimum atomic E-state index is -0.416. The largest absolute Gasteiger partial charge is 0.434 e. The number of nitrogens with zero attached hydrogens (tertiary/aromatic N) is 2. The third-order valence-electron chi connectivity index (χ3n) is 2.23. The zero-order valence-corrected chi connectivity index (χ0v) is 9.22. The van der Waals surface area contributed by atoms with Gasteiger partial charge in [-0.25, -0.2) is 4.39 Å². The smallest absolute Gasteiger partial charge is 0.239 e. The molecule has 0 radical (unpaired) electrons. The molecule has 0 aliphatic rings.